The van der Waals surface area contributed by atoms with Crippen molar-refractivity contribution in [2.75, 3.05) is 0 Å². The van der Waals surface area contributed by atoms with Crippen molar-refractivity contribution < 1.29 is 24.9 Å². The molecule has 5 heteroatoms. The monoisotopic (exact) mass is 300 g/mol. The number of hydrogen-bond acceptors (Lipinski definition) is 3. The molecule has 1 rings (SSSR count). The van der Waals surface area contributed by atoms with E-state index in [0.717, 1.165) is 25.7 Å². The number of carboxylic acid groups (broad SMARTS) is 2. The first-order chi connectivity index (χ1) is 9.60. The molecule has 5 nitrogen and oxygen atoms in total. The summed E-state index contributed by atoms with van der Waals surface area (Å²) >= 11 is 0. The molecule has 1 saturated carbocycles. The third-order valence-corrected chi connectivity index (χ3v) is 5.29. The van der Waals surface area contributed by atoms with Crippen molar-refractivity contribution in [3.63, 3.8) is 0 Å². The third kappa shape index (κ3) is 2.80. The maximum absolute atomic E-state index is 12.1. The molecule has 0 bridgehead atoms. The fourth-order valence-electron chi connectivity index (χ4n) is 3.95. The number of aliphatic carboxylic acids is 2. The molecule has 0 aliphatic heterocycles. The highest BCUT2D eigenvalue weighted by atomic mass is 16.4. The highest BCUT2D eigenvalue weighted by Gasteiger charge is 2.64. The number of aliphatic hydroxyl groups is 1. The van der Waals surface area contributed by atoms with Gasteiger partial charge in [-0.05, 0) is 24.2 Å². The van der Waals surface area contributed by atoms with Gasteiger partial charge in [0.05, 0.1) is 0 Å². The lowest BCUT2D eigenvalue weighted by Crippen LogP contribution is -2.64. The molecule has 2 atom stereocenters. The first kappa shape index (κ1) is 18.0. The van der Waals surface area contributed by atoms with Crippen molar-refractivity contribution >= 4 is 11.9 Å². The Morgan fingerprint density at radius 2 is 1.48 bits per heavy atom. The van der Waals surface area contributed by atoms with Crippen LogP contribution in [0.5, 0.6) is 0 Å². The van der Waals surface area contributed by atoms with E-state index in [1.807, 2.05) is 0 Å². The second-order valence-electron chi connectivity index (χ2n) is 7.01. The lowest BCUT2D eigenvalue weighted by Gasteiger charge is -2.47. The van der Waals surface area contributed by atoms with Gasteiger partial charge in [-0.15, -0.1) is 0 Å². The second-order valence-corrected chi connectivity index (χ2v) is 7.01. The van der Waals surface area contributed by atoms with E-state index >= 15 is 0 Å². The Morgan fingerprint density at radius 1 is 1.00 bits per heavy atom. The van der Waals surface area contributed by atoms with Crippen LogP contribution < -0.4 is 0 Å². The van der Waals surface area contributed by atoms with Gasteiger partial charge in [0.1, 0.15) is 5.41 Å². The average molecular weight is 300 g/mol. The Kier molecular flexibility index (Phi) is 5.42. The number of hydrogen-bond donors (Lipinski definition) is 3. The number of rotatable bonds is 7. The van der Waals surface area contributed by atoms with Crippen LogP contribution in [0.25, 0.3) is 0 Å². The van der Waals surface area contributed by atoms with Gasteiger partial charge in [0.25, 0.3) is 0 Å². The standard InChI is InChI=1S/C16H28O5/c1-10(2)15(13(17)18,9-12-7-5-6-8-12)16(21,11(3)4)14(19)20/h10-12,21H,5-9H2,1-4H3,(H,17,18)(H,19,20)/t15-,16+/m0/s1. The summed E-state index contributed by atoms with van der Waals surface area (Å²) in [5.41, 5.74) is -3.93. The van der Waals surface area contributed by atoms with Crippen molar-refractivity contribution in [3.8, 4) is 0 Å². The van der Waals surface area contributed by atoms with E-state index in [9.17, 15) is 24.9 Å². The molecule has 3 N–H and O–H groups in total. The van der Waals surface area contributed by atoms with E-state index in [1.54, 1.807) is 27.7 Å². The summed E-state index contributed by atoms with van der Waals surface area (Å²) in [5.74, 6) is -3.63. The summed E-state index contributed by atoms with van der Waals surface area (Å²) in [6.45, 7) is 6.53. The smallest absolute Gasteiger partial charge is 0.337 e. The van der Waals surface area contributed by atoms with Gasteiger partial charge in [-0.3, -0.25) is 4.79 Å². The number of carboxylic acids is 2. The largest absolute Gasteiger partial charge is 0.481 e. The predicted octanol–water partition coefficient (Wildman–Crippen LogP) is 2.77. The molecule has 0 aromatic carbocycles. The fraction of sp³-hybridized carbons (Fsp3) is 0.875. The van der Waals surface area contributed by atoms with Crippen LogP contribution in [0.3, 0.4) is 0 Å². The molecule has 0 heterocycles. The van der Waals surface area contributed by atoms with Crippen LogP contribution in [-0.2, 0) is 9.59 Å². The van der Waals surface area contributed by atoms with Crippen LogP contribution in [0.1, 0.15) is 59.8 Å². The van der Waals surface area contributed by atoms with Gasteiger partial charge in [-0.1, -0.05) is 53.4 Å². The van der Waals surface area contributed by atoms with Crippen molar-refractivity contribution in [2.24, 2.45) is 23.2 Å². The molecular weight excluding hydrogens is 272 g/mol. The zero-order chi connectivity index (χ0) is 16.4. The molecule has 1 aliphatic rings. The van der Waals surface area contributed by atoms with Crippen LogP contribution in [-0.4, -0.2) is 32.9 Å². The van der Waals surface area contributed by atoms with Gasteiger partial charge in [0, 0.05) is 0 Å². The average Bonchev–Trinajstić information content (AvgIpc) is 2.86. The van der Waals surface area contributed by atoms with E-state index in [2.05, 4.69) is 0 Å². The molecule has 0 spiro atoms. The minimum Gasteiger partial charge on any atom is -0.481 e. The minimum atomic E-state index is -2.27. The van der Waals surface area contributed by atoms with Crippen LogP contribution in [0, 0.1) is 23.2 Å². The lowest BCUT2D eigenvalue weighted by molar-refractivity contribution is -0.208. The summed E-state index contributed by atoms with van der Waals surface area (Å²) in [6, 6.07) is 0. The Bertz CT molecular complexity index is 397. The molecule has 0 saturated heterocycles. The number of carbonyl (C=O) groups is 2. The normalized spacial score (nSPS) is 22.2. The van der Waals surface area contributed by atoms with E-state index in [4.69, 9.17) is 0 Å². The minimum absolute atomic E-state index is 0.174. The first-order valence-corrected chi connectivity index (χ1v) is 7.79. The molecule has 0 amide bonds. The maximum atomic E-state index is 12.1. The second kappa shape index (κ2) is 6.34. The van der Waals surface area contributed by atoms with Crippen LogP contribution in [0.2, 0.25) is 0 Å². The van der Waals surface area contributed by atoms with Crippen molar-refractivity contribution in [1.82, 2.24) is 0 Å². The summed E-state index contributed by atoms with van der Waals surface area (Å²) in [7, 11) is 0. The Labute approximate surface area is 126 Å². The lowest BCUT2D eigenvalue weighted by atomic mass is 9.57. The summed E-state index contributed by atoms with van der Waals surface area (Å²) < 4.78 is 0. The van der Waals surface area contributed by atoms with Gasteiger partial charge < -0.3 is 15.3 Å². The van der Waals surface area contributed by atoms with E-state index in [1.165, 1.54) is 0 Å². The zero-order valence-electron chi connectivity index (χ0n) is 13.4. The third-order valence-electron chi connectivity index (χ3n) is 5.29. The van der Waals surface area contributed by atoms with Gasteiger partial charge >= 0.3 is 11.9 Å². The van der Waals surface area contributed by atoms with E-state index < -0.39 is 34.8 Å². The molecule has 0 aromatic rings. The molecule has 1 aliphatic carbocycles. The van der Waals surface area contributed by atoms with Crippen molar-refractivity contribution in [1.29, 1.82) is 0 Å². The molecule has 0 radical (unpaired) electrons. The van der Waals surface area contributed by atoms with Gasteiger partial charge in [0.15, 0.2) is 5.60 Å². The highest BCUT2D eigenvalue weighted by Crippen LogP contribution is 2.50. The van der Waals surface area contributed by atoms with Crippen molar-refractivity contribution in [3.05, 3.63) is 0 Å². The maximum Gasteiger partial charge on any atom is 0.337 e. The summed E-state index contributed by atoms with van der Waals surface area (Å²) in [6.07, 6.45) is 4.14. The fourth-order valence-corrected chi connectivity index (χ4v) is 3.95. The molecule has 0 aromatic heterocycles. The first-order valence-electron chi connectivity index (χ1n) is 7.79. The summed E-state index contributed by atoms with van der Waals surface area (Å²) in [5, 5.41) is 30.4. The van der Waals surface area contributed by atoms with Crippen LogP contribution in [0.4, 0.5) is 0 Å². The van der Waals surface area contributed by atoms with Crippen LogP contribution in [0.15, 0.2) is 0 Å². The van der Waals surface area contributed by atoms with Gasteiger partial charge in [-0.25, -0.2) is 4.79 Å². The molecule has 21 heavy (non-hydrogen) atoms. The summed E-state index contributed by atoms with van der Waals surface area (Å²) in [4.78, 5) is 23.9. The van der Waals surface area contributed by atoms with Crippen LogP contribution >= 0.6 is 0 Å². The molecule has 0 unspecified atom stereocenters. The topological polar surface area (TPSA) is 94.8 Å². The van der Waals surface area contributed by atoms with Gasteiger partial charge in [0.2, 0.25) is 0 Å². The Balaban J connectivity index is 3.39. The zero-order valence-corrected chi connectivity index (χ0v) is 13.4. The molecule has 122 valence electrons. The van der Waals surface area contributed by atoms with E-state index in [-0.39, 0.29) is 12.3 Å². The predicted molar refractivity (Wildman–Crippen MR) is 78.9 cm³/mol. The molecule has 1 fully saturated rings. The SMILES string of the molecule is CC(C)[C@@](O)(C(=O)O)[C@](CC1CCCC1)(C(=O)O)C(C)C. The van der Waals surface area contributed by atoms with Crippen molar-refractivity contribution in [2.45, 2.75) is 65.4 Å². The Hall–Kier alpha value is -1.10. The molecular formula is C16H28O5. The Morgan fingerprint density at radius 3 is 1.76 bits per heavy atom. The highest BCUT2D eigenvalue weighted by molar-refractivity contribution is 5.89. The quantitative estimate of drug-likeness (QED) is 0.672. The van der Waals surface area contributed by atoms with E-state index in [0.29, 0.717) is 0 Å². The van der Waals surface area contributed by atoms with Gasteiger partial charge in [-0.2, -0.15) is 0 Å².